The lowest BCUT2D eigenvalue weighted by Crippen LogP contribution is -2.11. The number of anilines is 6. The maximum Gasteiger partial charge on any atom is 0.0540 e. The third kappa shape index (κ3) is 9.31. The summed E-state index contributed by atoms with van der Waals surface area (Å²) in [7, 11) is 0. The Kier molecular flexibility index (Phi) is 12.9. The summed E-state index contributed by atoms with van der Waals surface area (Å²) in [4.78, 5) is 4.63. The molecule has 0 unspecified atom stereocenters. The van der Waals surface area contributed by atoms with Crippen molar-refractivity contribution in [2.45, 2.75) is 0 Å². The Morgan fingerprint density at radius 1 is 0.355 bits per heavy atom. The van der Waals surface area contributed by atoms with Crippen LogP contribution in [0.15, 0.2) is 269 Å². The highest BCUT2D eigenvalue weighted by Gasteiger charge is 2.18. The Hall–Kier alpha value is -8.20. The first-order valence-corrected chi connectivity index (χ1v) is 20.9. The van der Waals surface area contributed by atoms with Gasteiger partial charge in [0.25, 0.3) is 0 Å². The summed E-state index contributed by atoms with van der Waals surface area (Å²) < 4.78 is 0. The molecule has 0 N–H and O–H groups in total. The van der Waals surface area contributed by atoms with Gasteiger partial charge in [0.1, 0.15) is 0 Å². The molecule has 0 radical (unpaired) electrons. The maximum atomic E-state index is 3.99. The normalized spacial score (nSPS) is 11.4. The van der Waals surface area contributed by atoms with E-state index in [1.807, 2.05) is 36.4 Å². The average molecular weight is 797 g/mol. The summed E-state index contributed by atoms with van der Waals surface area (Å²) in [5.41, 5.74) is 16.7. The van der Waals surface area contributed by atoms with Crippen molar-refractivity contribution in [3.8, 4) is 33.4 Å². The zero-order valence-corrected chi connectivity index (χ0v) is 34.8. The van der Waals surface area contributed by atoms with E-state index in [1.165, 1.54) is 11.1 Å². The predicted octanol–water partition coefficient (Wildman–Crippen LogP) is 17.1. The van der Waals surface area contributed by atoms with Gasteiger partial charge in [-0.2, -0.15) is 0 Å². The molecule has 0 atom stereocenters. The summed E-state index contributed by atoms with van der Waals surface area (Å²) in [5, 5.41) is 0. The number of nitrogens with zero attached hydrogens (tertiary/aromatic N) is 2. The number of hydrogen-bond donors (Lipinski definition) is 0. The van der Waals surface area contributed by atoms with Crippen LogP contribution < -0.4 is 9.80 Å². The monoisotopic (exact) mass is 796 g/mol. The van der Waals surface area contributed by atoms with Crippen molar-refractivity contribution in [2.24, 2.45) is 0 Å². The Morgan fingerprint density at radius 2 is 0.806 bits per heavy atom. The van der Waals surface area contributed by atoms with Crippen LogP contribution in [0.1, 0.15) is 11.1 Å². The van der Waals surface area contributed by atoms with Crippen LogP contribution in [0.3, 0.4) is 0 Å². The topological polar surface area (TPSA) is 6.48 Å². The molecule has 0 aliphatic carbocycles. The van der Waals surface area contributed by atoms with Crippen molar-refractivity contribution in [1.82, 2.24) is 0 Å². The maximum absolute atomic E-state index is 3.99. The molecule has 0 aromatic heterocycles. The molecule has 2 nitrogen and oxygen atoms in total. The first kappa shape index (κ1) is 40.6. The molecule has 0 amide bonds. The second-order valence-corrected chi connectivity index (χ2v) is 14.7. The minimum atomic E-state index is 1.04. The molecule has 62 heavy (non-hydrogen) atoms. The summed E-state index contributed by atoms with van der Waals surface area (Å²) in [6.07, 6.45) is 15.5. The predicted molar refractivity (Wildman–Crippen MR) is 269 cm³/mol. The smallest absolute Gasteiger partial charge is 0.0540 e. The highest BCUT2D eigenvalue weighted by molar-refractivity contribution is 5.89. The summed E-state index contributed by atoms with van der Waals surface area (Å²) >= 11 is 0. The Morgan fingerprint density at radius 3 is 1.37 bits per heavy atom. The highest BCUT2D eigenvalue weighted by atomic mass is 15.1. The van der Waals surface area contributed by atoms with Crippen molar-refractivity contribution in [3.05, 3.63) is 280 Å². The molecule has 0 aliphatic rings. The lowest BCUT2D eigenvalue weighted by atomic mass is 9.98. The van der Waals surface area contributed by atoms with Crippen molar-refractivity contribution >= 4 is 45.8 Å². The lowest BCUT2D eigenvalue weighted by molar-refractivity contribution is 1.28. The van der Waals surface area contributed by atoms with E-state index in [2.05, 4.69) is 236 Å². The molecule has 0 saturated heterocycles. The molecule has 8 aromatic rings. The van der Waals surface area contributed by atoms with Crippen LogP contribution in [0.5, 0.6) is 0 Å². The average Bonchev–Trinajstić information content (AvgIpc) is 3.34. The van der Waals surface area contributed by atoms with Gasteiger partial charge in [-0.25, -0.2) is 0 Å². The summed E-state index contributed by atoms with van der Waals surface area (Å²) in [6.45, 7) is 11.6. The van der Waals surface area contributed by atoms with Gasteiger partial charge in [0.15, 0.2) is 0 Å². The van der Waals surface area contributed by atoms with Gasteiger partial charge in [-0.1, -0.05) is 208 Å². The van der Waals surface area contributed by atoms with E-state index in [0.29, 0.717) is 0 Å². The molecule has 0 aliphatic heterocycles. The third-order valence-corrected chi connectivity index (χ3v) is 10.8. The van der Waals surface area contributed by atoms with Crippen molar-refractivity contribution < 1.29 is 0 Å². The summed E-state index contributed by atoms with van der Waals surface area (Å²) in [6, 6.07) is 73.6. The van der Waals surface area contributed by atoms with Crippen LogP contribution in [0.2, 0.25) is 0 Å². The fourth-order valence-electron chi connectivity index (χ4n) is 7.70. The number of benzene rings is 8. The zero-order chi connectivity index (χ0) is 42.5. The van der Waals surface area contributed by atoms with Crippen molar-refractivity contribution in [2.75, 3.05) is 9.80 Å². The van der Waals surface area contributed by atoms with Crippen LogP contribution in [0, 0.1) is 0 Å². The molecule has 8 rings (SSSR count). The second kappa shape index (κ2) is 19.7. The lowest BCUT2D eigenvalue weighted by Gasteiger charge is -2.28. The molecule has 0 saturated carbocycles. The quantitative estimate of drug-likeness (QED) is 0.0954. The van der Waals surface area contributed by atoms with Crippen molar-refractivity contribution in [3.63, 3.8) is 0 Å². The van der Waals surface area contributed by atoms with Gasteiger partial charge >= 0.3 is 0 Å². The first-order valence-electron chi connectivity index (χ1n) is 20.9. The molecule has 2 heteroatoms. The van der Waals surface area contributed by atoms with Crippen LogP contribution >= 0.6 is 0 Å². The number of para-hydroxylation sites is 2. The molecule has 0 spiro atoms. The Labute approximate surface area is 367 Å². The van der Waals surface area contributed by atoms with Crippen LogP contribution in [-0.4, -0.2) is 0 Å². The minimum absolute atomic E-state index is 1.04. The fraction of sp³-hybridized carbons (Fsp3) is 0. The van der Waals surface area contributed by atoms with E-state index in [1.54, 1.807) is 12.2 Å². The minimum Gasteiger partial charge on any atom is -0.311 e. The molecule has 8 aromatic carbocycles. The summed E-state index contributed by atoms with van der Waals surface area (Å²) in [5.74, 6) is 0. The Balaban J connectivity index is 1.10. The van der Waals surface area contributed by atoms with Crippen molar-refractivity contribution in [1.29, 1.82) is 0 Å². The molecular formula is C60H48N2. The molecule has 0 bridgehead atoms. The van der Waals surface area contributed by atoms with Gasteiger partial charge in [-0.15, -0.1) is 0 Å². The fourth-order valence-corrected chi connectivity index (χ4v) is 7.70. The third-order valence-electron chi connectivity index (χ3n) is 10.8. The van der Waals surface area contributed by atoms with Crippen LogP contribution in [0.4, 0.5) is 34.1 Å². The number of rotatable bonds is 15. The number of allylic oxidation sites excluding steroid dienone is 8. The van der Waals surface area contributed by atoms with E-state index in [9.17, 15) is 0 Å². The second-order valence-electron chi connectivity index (χ2n) is 14.7. The van der Waals surface area contributed by atoms with Gasteiger partial charge < -0.3 is 9.80 Å². The SMILES string of the molecule is C=C/C=C\C=C\c1ccc(N(c2ccc(-c3ccccc3)cc2)c2ccccc2-c2ccc(-c3ccc(N(c4ccccc4)c4ccc(/C(C=C)=C/C=C)cc4)cc3)cc2)cc1. The van der Waals surface area contributed by atoms with Gasteiger partial charge in [0.2, 0.25) is 0 Å². The first-order chi connectivity index (χ1) is 30.6. The van der Waals surface area contributed by atoms with Gasteiger partial charge in [0, 0.05) is 34.0 Å². The van der Waals surface area contributed by atoms with E-state index in [4.69, 9.17) is 0 Å². The van der Waals surface area contributed by atoms with Gasteiger partial charge in [-0.3, -0.25) is 0 Å². The molecule has 298 valence electrons. The van der Waals surface area contributed by atoms with Gasteiger partial charge in [-0.05, 0) is 111 Å². The van der Waals surface area contributed by atoms with E-state index in [0.717, 1.165) is 73.1 Å². The van der Waals surface area contributed by atoms with E-state index in [-0.39, 0.29) is 0 Å². The highest BCUT2D eigenvalue weighted by Crippen LogP contribution is 2.42. The largest absolute Gasteiger partial charge is 0.311 e. The van der Waals surface area contributed by atoms with Gasteiger partial charge in [0.05, 0.1) is 5.69 Å². The Bertz CT molecular complexity index is 2830. The standard InChI is InChI=1S/C60H48N2/c1-4-7-8-11-19-46-26-38-57(39-27-46)62(58-44-36-51(37-45-58)48-20-12-9-13-21-48)60-25-17-16-24-59(60)53-30-28-50(29-31-53)52-34-42-56(43-35-52)61(54-22-14-10-15-23-54)55-40-32-49(33-41-55)47(6-3)18-5-2/h4-45H,1-3H2/b8-7-,19-11+,47-18+. The molecule has 0 fully saturated rings. The van der Waals surface area contributed by atoms with E-state index < -0.39 is 0 Å². The van der Waals surface area contributed by atoms with E-state index >= 15 is 0 Å². The molecule has 0 heterocycles. The number of hydrogen-bond acceptors (Lipinski definition) is 2. The molecular weight excluding hydrogens is 749 g/mol. The van der Waals surface area contributed by atoms with Crippen LogP contribution in [-0.2, 0) is 0 Å². The zero-order valence-electron chi connectivity index (χ0n) is 34.8. The van der Waals surface area contributed by atoms with Crippen LogP contribution in [0.25, 0.3) is 45.0 Å².